The van der Waals surface area contributed by atoms with Crippen molar-refractivity contribution < 1.29 is 24.2 Å². The van der Waals surface area contributed by atoms with Gasteiger partial charge in [-0.05, 0) is 60.2 Å². The van der Waals surface area contributed by atoms with E-state index in [0.29, 0.717) is 19.4 Å². The fraction of sp³-hybridized carbons (Fsp3) is 0.333. The van der Waals surface area contributed by atoms with Crippen LogP contribution in [0.15, 0.2) is 72.8 Å². The average Bonchev–Trinajstić information content (AvgIpc) is 3.20. The van der Waals surface area contributed by atoms with Crippen LogP contribution in [0.25, 0.3) is 0 Å². The number of hydrogen-bond donors (Lipinski definition) is 1. The molecule has 36 heavy (non-hydrogen) atoms. The van der Waals surface area contributed by atoms with Crippen LogP contribution >= 0.6 is 0 Å². The second-order valence-electron chi connectivity index (χ2n) is 9.64. The van der Waals surface area contributed by atoms with Gasteiger partial charge >= 0.3 is 5.97 Å². The minimum Gasteiger partial charge on any atom is -0.497 e. The number of carboxylic acids is 1. The Kier molecular flexibility index (Phi) is 7.93. The highest BCUT2D eigenvalue weighted by atomic mass is 16.5. The number of fused-ring (bicyclic) bond motifs is 1. The molecule has 0 unspecified atom stereocenters. The molecule has 0 radical (unpaired) electrons. The molecule has 1 N–H and O–H groups in total. The fourth-order valence-electron chi connectivity index (χ4n) is 4.78. The molecule has 6 heteroatoms. The molecule has 1 amide bonds. The number of carbonyl (C=O) groups excluding carboxylic acids is 1. The number of aliphatic carboxylic acids is 1. The molecule has 1 aliphatic rings. The lowest BCUT2D eigenvalue weighted by Gasteiger charge is -2.24. The summed E-state index contributed by atoms with van der Waals surface area (Å²) in [6, 6.07) is 24.0. The molecule has 6 nitrogen and oxygen atoms in total. The Labute approximate surface area is 212 Å². The van der Waals surface area contributed by atoms with Crippen molar-refractivity contribution in [3.8, 4) is 11.5 Å². The first-order valence-electron chi connectivity index (χ1n) is 12.3. The van der Waals surface area contributed by atoms with E-state index in [4.69, 9.17) is 9.47 Å². The summed E-state index contributed by atoms with van der Waals surface area (Å²) in [5, 5.41) is 9.32. The zero-order valence-electron chi connectivity index (χ0n) is 20.9. The zero-order valence-corrected chi connectivity index (χ0v) is 20.9. The summed E-state index contributed by atoms with van der Waals surface area (Å²) in [4.78, 5) is 25.7. The second-order valence-corrected chi connectivity index (χ2v) is 9.64. The third kappa shape index (κ3) is 6.66. The van der Waals surface area contributed by atoms with Gasteiger partial charge < -0.3 is 19.5 Å². The van der Waals surface area contributed by atoms with Gasteiger partial charge in [0.2, 0.25) is 5.91 Å². The van der Waals surface area contributed by atoms with E-state index in [-0.39, 0.29) is 24.5 Å². The molecular formula is C30H33NO5. The van der Waals surface area contributed by atoms with E-state index in [2.05, 4.69) is 25.1 Å². The van der Waals surface area contributed by atoms with Crippen molar-refractivity contribution in [2.24, 2.45) is 0 Å². The summed E-state index contributed by atoms with van der Waals surface area (Å²) < 4.78 is 11.5. The summed E-state index contributed by atoms with van der Waals surface area (Å²) >= 11 is 0. The van der Waals surface area contributed by atoms with Crippen LogP contribution in [-0.2, 0) is 35.3 Å². The van der Waals surface area contributed by atoms with Gasteiger partial charge in [0, 0.05) is 25.8 Å². The van der Waals surface area contributed by atoms with Crippen LogP contribution in [0.3, 0.4) is 0 Å². The minimum atomic E-state index is -1.01. The molecule has 188 valence electrons. The van der Waals surface area contributed by atoms with E-state index in [0.717, 1.165) is 41.0 Å². The maximum Gasteiger partial charge on any atom is 0.323 e. The standard InChI is InChI=1S/C30H33NO5/c1-30(19-24-6-4-3-5-7-24)20-25-18-23(10-14-27(25)36-30)11-15-28(32)31(21-29(33)34)17-16-22-8-12-26(35-2)13-9-22/h3-10,12-14,18H,11,15-17,19-21H2,1-2H3,(H,33,34)/t30-/m0/s1. The Hall–Kier alpha value is -3.80. The maximum atomic E-state index is 12.9. The van der Waals surface area contributed by atoms with E-state index < -0.39 is 5.97 Å². The highest BCUT2D eigenvalue weighted by Crippen LogP contribution is 2.37. The molecular weight excluding hydrogens is 454 g/mol. The molecule has 3 aromatic rings. The van der Waals surface area contributed by atoms with Crippen molar-refractivity contribution >= 4 is 11.9 Å². The molecule has 0 spiro atoms. The van der Waals surface area contributed by atoms with Crippen LogP contribution < -0.4 is 9.47 Å². The Morgan fingerprint density at radius 2 is 1.69 bits per heavy atom. The predicted molar refractivity (Wildman–Crippen MR) is 139 cm³/mol. The first kappa shape index (κ1) is 25.3. The highest BCUT2D eigenvalue weighted by Gasteiger charge is 2.35. The SMILES string of the molecule is COc1ccc(CCN(CC(=O)O)C(=O)CCc2ccc3c(c2)C[C@](C)(Cc2ccccc2)O3)cc1. The predicted octanol–water partition coefficient (Wildman–Crippen LogP) is 4.72. The van der Waals surface area contributed by atoms with Crippen LogP contribution in [0, 0.1) is 0 Å². The molecule has 0 saturated heterocycles. The third-order valence-electron chi connectivity index (χ3n) is 6.60. The van der Waals surface area contributed by atoms with Crippen LogP contribution in [-0.4, -0.2) is 47.7 Å². The molecule has 4 rings (SSSR count). The van der Waals surface area contributed by atoms with Gasteiger partial charge in [-0.1, -0.05) is 54.6 Å². The molecule has 1 heterocycles. The number of carbonyl (C=O) groups is 2. The summed E-state index contributed by atoms with van der Waals surface area (Å²) in [7, 11) is 1.61. The normalized spacial score (nSPS) is 16.2. The third-order valence-corrected chi connectivity index (χ3v) is 6.60. The van der Waals surface area contributed by atoms with E-state index in [9.17, 15) is 14.7 Å². The van der Waals surface area contributed by atoms with E-state index >= 15 is 0 Å². The van der Waals surface area contributed by atoms with Crippen LogP contribution in [0.2, 0.25) is 0 Å². The average molecular weight is 488 g/mol. The molecule has 0 saturated carbocycles. The Balaban J connectivity index is 1.34. The minimum absolute atomic E-state index is 0.156. The lowest BCUT2D eigenvalue weighted by molar-refractivity contribution is -0.144. The van der Waals surface area contributed by atoms with Crippen molar-refractivity contribution in [3.05, 3.63) is 95.1 Å². The number of carboxylic acid groups (broad SMARTS) is 1. The first-order valence-corrected chi connectivity index (χ1v) is 12.3. The quantitative estimate of drug-likeness (QED) is 0.424. The van der Waals surface area contributed by atoms with Crippen molar-refractivity contribution in [2.45, 2.75) is 44.6 Å². The van der Waals surface area contributed by atoms with Crippen molar-refractivity contribution in [1.29, 1.82) is 0 Å². The molecule has 0 bridgehead atoms. The van der Waals surface area contributed by atoms with Crippen molar-refractivity contribution in [3.63, 3.8) is 0 Å². The summed E-state index contributed by atoms with van der Waals surface area (Å²) in [5.74, 6) is 0.495. The van der Waals surface area contributed by atoms with Crippen LogP contribution in [0.4, 0.5) is 0 Å². The van der Waals surface area contributed by atoms with Crippen LogP contribution in [0.5, 0.6) is 11.5 Å². The first-order chi connectivity index (χ1) is 17.3. The second kappa shape index (κ2) is 11.3. The van der Waals surface area contributed by atoms with Gasteiger partial charge in [-0.25, -0.2) is 0 Å². The number of benzene rings is 3. The number of rotatable bonds is 11. The zero-order chi connectivity index (χ0) is 25.5. The van der Waals surface area contributed by atoms with Crippen LogP contribution in [0.1, 0.15) is 35.6 Å². The number of aryl methyl sites for hydroxylation is 1. The molecule has 0 aliphatic carbocycles. The van der Waals surface area contributed by atoms with E-state index in [1.165, 1.54) is 10.5 Å². The summed E-state index contributed by atoms with van der Waals surface area (Å²) in [6.07, 6.45) is 3.04. The summed E-state index contributed by atoms with van der Waals surface area (Å²) in [5.41, 5.74) is 4.18. The monoisotopic (exact) mass is 487 g/mol. The largest absolute Gasteiger partial charge is 0.497 e. The van der Waals surface area contributed by atoms with Gasteiger partial charge in [0.25, 0.3) is 0 Å². The number of amides is 1. The molecule has 3 aromatic carbocycles. The van der Waals surface area contributed by atoms with E-state index in [1.807, 2.05) is 54.6 Å². The van der Waals surface area contributed by atoms with Gasteiger partial charge in [-0.3, -0.25) is 9.59 Å². The van der Waals surface area contributed by atoms with Crippen molar-refractivity contribution in [2.75, 3.05) is 20.2 Å². The Morgan fingerprint density at radius 3 is 2.39 bits per heavy atom. The lowest BCUT2D eigenvalue weighted by atomic mass is 9.91. The van der Waals surface area contributed by atoms with E-state index in [1.54, 1.807) is 7.11 Å². The Bertz CT molecular complexity index is 1190. The maximum absolute atomic E-state index is 12.9. The fourth-order valence-corrected chi connectivity index (χ4v) is 4.78. The van der Waals surface area contributed by atoms with Gasteiger partial charge in [0.1, 0.15) is 23.6 Å². The van der Waals surface area contributed by atoms with Crippen molar-refractivity contribution in [1.82, 2.24) is 4.90 Å². The van der Waals surface area contributed by atoms with Gasteiger partial charge in [0.05, 0.1) is 7.11 Å². The van der Waals surface area contributed by atoms with Gasteiger partial charge in [-0.2, -0.15) is 0 Å². The number of nitrogens with zero attached hydrogens (tertiary/aromatic N) is 1. The molecule has 1 atom stereocenters. The lowest BCUT2D eigenvalue weighted by Crippen LogP contribution is -2.37. The smallest absolute Gasteiger partial charge is 0.323 e. The Morgan fingerprint density at radius 1 is 0.972 bits per heavy atom. The number of hydrogen-bond acceptors (Lipinski definition) is 4. The summed E-state index contributed by atoms with van der Waals surface area (Å²) in [6.45, 7) is 2.19. The highest BCUT2D eigenvalue weighted by molar-refractivity contribution is 5.81. The number of methoxy groups -OCH3 is 1. The molecule has 0 aromatic heterocycles. The number of ether oxygens (including phenoxy) is 2. The molecule has 0 fully saturated rings. The molecule has 1 aliphatic heterocycles. The van der Waals surface area contributed by atoms with Gasteiger partial charge in [0.15, 0.2) is 0 Å². The van der Waals surface area contributed by atoms with Gasteiger partial charge in [-0.15, -0.1) is 0 Å². The topological polar surface area (TPSA) is 76.1 Å².